The van der Waals surface area contributed by atoms with E-state index in [0.29, 0.717) is 5.95 Å². The predicted octanol–water partition coefficient (Wildman–Crippen LogP) is 1.45. The molecule has 0 aliphatic rings. The average Bonchev–Trinajstić information content (AvgIpc) is 2.95. The van der Waals surface area contributed by atoms with Crippen LogP contribution in [-0.2, 0) is 0 Å². The Morgan fingerprint density at radius 1 is 1.35 bits per heavy atom. The Morgan fingerprint density at radius 2 is 2.18 bits per heavy atom. The summed E-state index contributed by atoms with van der Waals surface area (Å²) < 4.78 is 1.41. The lowest BCUT2D eigenvalue weighted by Crippen LogP contribution is -2.06. The maximum absolute atomic E-state index is 11.0. The van der Waals surface area contributed by atoms with E-state index in [9.17, 15) is 4.79 Å². The summed E-state index contributed by atoms with van der Waals surface area (Å²) in [5.41, 5.74) is 1.71. The van der Waals surface area contributed by atoms with Gasteiger partial charge in [-0.3, -0.25) is 4.57 Å². The molecule has 6 nitrogen and oxygen atoms in total. The zero-order valence-electron chi connectivity index (χ0n) is 8.66. The van der Waals surface area contributed by atoms with Crippen molar-refractivity contribution in [2.75, 3.05) is 0 Å². The molecular weight excluding hydrogens is 220 g/mol. The third kappa shape index (κ3) is 1.46. The van der Waals surface area contributed by atoms with Crippen LogP contribution in [0.25, 0.3) is 17.0 Å². The van der Waals surface area contributed by atoms with Crippen LogP contribution in [0.3, 0.4) is 0 Å². The smallest absolute Gasteiger partial charge is 0.354 e. The second kappa shape index (κ2) is 3.44. The number of aromatic amines is 1. The third-order valence-electron chi connectivity index (χ3n) is 2.46. The number of para-hydroxylation sites is 2. The highest BCUT2D eigenvalue weighted by atomic mass is 16.4. The molecule has 0 spiro atoms. The van der Waals surface area contributed by atoms with Gasteiger partial charge >= 0.3 is 5.97 Å². The zero-order chi connectivity index (χ0) is 11.8. The van der Waals surface area contributed by atoms with Crippen molar-refractivity contribution in [1.29, 1.82) is 0 Å². The first-order valence-corrected chi connectivity index (χ1v) is 4.96. The van der Waals surface area contributed by atoms with Crippen molar-refractivity contribution in [3.05, 3.63) is 42.5 Å². The Balaban J connectivity index is 2.20. The van der Waals surface area contributed by atoms with E-state index >= 15 is 0 Å². The van der Waals surface area contributed by atoms with E-state index in [0.717, 1.165) is 11.0 Å². The summed E-state index contributed by atoms with van der Waals surface area (Å²) in [5, 5.41) is 8.99. The Labute approximate surface area is 95.6 Å². The highest BCUT2D eigenvalue weighted by Gasteiger charge is 2.13. The minimum atomic E-state index is -1.04. The van der Waals surface area contributed by atoms with Crippen LogP contribution in [0.5, 0.6) is 0 Å². The van der Waals surface area contributed by atoms with Crippen molar-refractivity contribution < 1.29 is 9.90 Å². The molecule has 3 rings (SSSR count). The molecule has 1 aromatic carbocycles. The van der Waals surface area contributed by atoms with E-state index in [-0.39, 0.29) is 5.69 Å². The Kier molecular flexibility index (Phi) is 1.94. The van der Waals surface area contributed by atoms with Crippen molar-refractivity contribution in [3.63, 3.8) is 0 Å². The van der Waals surface area contributed by atoms with Crippen LogP contribution in [0.15, 0.2) is 36.8 Å². The first-order chi connectivity index (χ1) is 8.25. The number of imidazole rings is 2. The molecule has 6 heteroatoms. The lowest BCUT2D eigenvalue weighted by atomic mass is 10.3. The minimum absolute atomic E-state index is 0.0732. The number of benzene rings is 1. The molecule has 3 aromatic rings. The van der Waals surface area contributed by atoms with E-state index < -0.39 is 5.97 Å². The Hall–Kier alpha value is -2.63. The van der Waals surface area contributed by atoms with Crippen LogP contribution in [0.2, 0.25) is 0 Å². The number of aromatic carboxylic acids is 1. The summed E-state index contributed by atoms with van der Waals surface area (Å²) in [4.78, 5) is 22.1. The van der Waals surface area contributed by atoms with Crippen LogP contribution < -0.4 is 0 Å². The molecule has 0 bridgehead atoms. The standard InChI is InChI=1S/C11H8N4O2/c16-10(17)9-5-12-6-15(9)11-13-7-3-1-2-4-8(7)14-11/h1-6H,(H,13,14)(H,16,17). The summed E-state index contributed by atoms with van der Waals surface area (Å²) in [7, 11) is 0. The molecule has 2 aromatic heterocycles. The molecule has 0 aliphatic heterocycles. The van der Waals surface area contributed by atoms with Gasteiger partial charge in [-0.1, -0.05) is 12.1 Å². The van der Waals surface area contributed by atoms with Crippen LogP contribution in [0.4, 0.5) is 0 Å². The number of aromatic nitrogens is 4. The molecule has 17 heavy (non-hydrogen) atoms. The average molecular weight is 228 g/mol. The molecule has 0 saturated heterocycles. The third-order valence-corrected chi connectivity index (χ3v) is 2.46. The maximum Gasteiger partial charge on any atom is 0.354 e. The molecule has 0 unspecified atom stereocenters. The van der Waals surface area contributed by atoms with Gasteiger partial charge < -0.3 is 10.1 Å². The van der Waals surface area contributed by atoms with Crippen molar-refractivity contribution in [3.8, 4) is 5.95 Å². The van der Waals surface area contributed by atoms with Gasteiger partial charge in [-0.05, 0) is 12.1 Å². The van der Waals surface area contributed by atoms with E-state index in [4.69, 9.17) is 5.11 Å². The van der Waals surface area contributed by atoms with E-state index in [1.165, 1.54) is 17.1 Å². The number of nitrogens with zero attached hydrogens (tertiary/aromatic N) is 3. The lowest BCUT2D eigenvalue weighted by molar-refractivity contribution is 0.0688. The predicted molar refractivity (Wildman–Crippen MR) is 60.2 cm³/mol. The molecule has 0 fully saturated rings. The van der Waals surface area contributed by atoms with Gasteiger partial charge in [-0.25, -0.2) is 14.8 Å². The van der Waals surface area contributed by atoms with Crippen LogP contribution in [0, 0.1) is 0 Å². The summed E-state index contributed by atoms with van der Waals surface area (Å²) >= 11 is 0. The minimum Gasteiger partial charge on any atom is -0.477 e. The van der Waals surface area contributed by atoms with Gasteiger partial charge in [0.1, 0.15) is 6.33 Å². The zero-order valence-corrected chi connectivity index (χ0v) is 8.66. The van der Waals surface area contributed by atoms with Gasteiger partial charge in [0.25, 0.3) is 0 Å². The normalized spacial score (nSPS) is 10.8. The molecular formula is C11H8N4O2. The van der Waals surface area contributed by atoms with Crippen LogP contribution >= 0.6 is 0 Å². The lowest BCUT2D eigenvalue weighted by Gasteiger charge is -1.98. The Bertz CT molecular complexity index is 665. The Morgan fingerprint density at radius 3 is 2.94 bits per heavy atom. The topological polar surface area (TPSA) is 83.8 Å². The maximum atomic E-state index is 11.0. The van der Waals surface area contributed by atoms with E-state index in [2.05, 4.69) is 15.0 Å². The largest absolute Gasteiger partial charge is 0.477 e. The number of rotatable bonds is 2. The van der Waals surface area contributed by atoms with Crippen molar-refractivity contribution in [2.45, 2.75) is 0 Å². The molecule has 2 N–H and O–H groups in total. The first-order valence-electron chi connectivity index (χ1n) is 4.96. The number of fused-ring (bicyclic) bond motifs is 1. The van der Waals surface area contributed by atoms with Gasteiger partial charge in [-0.2, -0.15) is 0 Å². The number of hydrogen-bond acceptors (Lipinski definition) is 3. The van der Waals surface area contributed by atoms with Gasteiger partial charge in [0.05, 0.1) is 17.2 Å². The number of hydrogen-bond donors (Lipinski definition) is 2. The monoisotopic (exact) mass is 228 g/mol. The molecule has 0 aliphatic carbocycles. The molecule has 84 valence electrons. The fraction of sp³-hybridized carbons (Fsp3) is 0. The van der Waals surface area contributed by atoms with Crippen molar-refractivity contribution in [1.82, 2.24) is 19.5 Å². The second-order valence-corrected chi connectivity index (χ2v) is 3.53. The molecule has 0 radical (unpaired) electrons. The number of carboxylic acid groups (broad SMARTS) is 1. The molecule has 0 atom stereocenters. The number of H-pyrrole nitrogens is 1. The van der Waals surface area contributed by atoms with Crippen LogP contribution in [-0.4, -0.2) is 30.6 Å². The fourth-order valence-electron chi connectivity index (χ4n) is 1.68. The fourth-order valence-corrected chi connectivity index (χ4v) is 1.68. The number of carbonyl (C=O) groups is 1. The molecule has 0 amide bonds. The quantitative estimate of drug-likeness (QED) is 0.695. The number of nitrogens with one attached hydrogen (secondary N) is 1. The van der Waals surface area contributed by atoms with Gasteiger partial charge in [0.2, 0.25) is 5.95 Å². The SMILES string of the molecule is O=C(O)c1cncn1-c1nc2ccccc2[nH]1. The summed E-state index contributed by atoms with van der Waals surface area (Å²) in [6, 6.07) is 7.49. The highest BCUT2D eigenvalue weighted by Crippen LogP contribution is 2.14. The second-order valence-electron chi connectivity index (χ2n) is 3.53. The van der Waals surface area contributed by atoms with E-state index in [1.54, 1.807) is 0 Å². The number of carboxylic acids is 1. The summed E-state index contributed by atoms with van der Waals surface area (Å²) in [6.07, 6.45) is 2.71. The van der Waals surface area contributed by atoms with Gasteiger partial charge in [-0.15, -0.1) is 0 Å². The summed E-state index contributed by atoms with van der Waals surface area (Å²) in [6.45, 7) is 0. The van der Waals surface area contributed by atoms with Crippen molar-refractivity contribution in [2.24, 2.45) is 0 Å². The summed E-state index contributed by atoms with van der Waals surface area (Å²) in [5.74, 6) is -0.593. The van der Waals surface area contributed by atoms with Gasteiger partial charge in [0.15, 0.2) is 5.69 Å². The van der Waals surface area contributed by atoms with E-state index in [1.807, 2.05) is 24.3 Å². The first kappa shape index (κ1) is 9.59. The molecule has 0 saturated carbocycles. The van der Waals surface area contributed by atoms with Crippen LogP contribution in [0.1, 0.15) is 10.5 Å². The van der Waals surface area contributed by atoms with Gasteiger partial charge in [0, 0.05) is 0 Å². The van der Waals surface area contributed by atoms with Crippen molar-refractivity contribution >= 4 is 17.0 Å². The highest BCUT2D eigenvalue weighted by molar-refractivity contribution is 5.86. The molecule has 2 heterocycles.